The van der Waals surface area contributed by atoms with Crippen LogP contribution in [0.15, 0.2) is 42.7 Å². The fourth-order valence-corrected chi connectivity index (χ4v) is 2.52. The van der Waals surface area contributed by atoms with Crippen molar-refractivity contribution in [2.45, 2.75) is 13.1 Å². The number of hydrogen-bond donors (Lipinski definition) is 1. The number of hydrogen-bond acceptors (Lipinski definition) is 2. The summed E-state index contributed by atoms with van der Waals surface area (Å²) in [5, 5.41) is 4.92. The van der Waals surface area contributed by atoms with E-state index in [9.17, 15) is 0 Å². The Labute approximate surface area is 139 Å². The molecule has 2 aromatic rings. The first-order valence-corrected chi connectivity index (χ1v) is 7.56. The predicted octanol–water partition coefficient (Wildman–Crippen LogP) is 3.89. The molecule has 0 amide bonds. The summed E-state index contributed by atoms with van der Waals surface area (Å²) in [4.78, 5) is 6.15. The lowest BCUT2D eigenvalue weighted by molar-refractivity contribution is 0.402. The molecule has 0 aliphatic heterocycles. The Bertz CT molecular complexity index is 620. The van der Waals surface area contributed by atoms with E-state index in [0.717, 1.165) is 11.1 Å². The van der Waals surface area contributed by atoms with Gasteiger partial charge in [0.1, 0.15) is 0 Å². The van der Waals surface area contributed by atoms with Gasteiger partial charge < -0.3 is 10.2 Å². The van der Waals surface area contributed by atoms with Crippen LogP contribution < -0.4 is 5.32 Å². The van der Waals surface area contributed by atoms with E-state index in [1.165, 1.54) is 0 Å². The number of pyridine rings is 1. The van der Waals surface area contributed by atoms with Crippen LogP contribution in [-0.4, -0.2) is 22.0 Å². The molecule has 1 aromatic carbocycles. The zero-order valence-corrected chi connectivity index (χ0v) is 13.8. The summed E-state index contributed by atoms with van der Waals surface area (Å²) in [6.07, 6.45) is 3.58. The maximum Gasteiger partial charge on any atom is 0.169 e. The van der Waals surface area contributed by atoms with E-state index in [4.69, 9.17) is 35.4 Å². The Morgan fingerprint density at radius 1 is 1.29 bits per heavy atom. The number of halogens is 2. The van der Waals surface area contributed by atoms with Crippen LogP contribution in [0.25, 0.3) is 0 Å². The Morgan fingerprint density at radius 3 is 2.71 bits per heavy atom. The normalized spacial score (nSPS) is 10.2. The third kappa shape index (κ3) is 4.56. The number of thiocarbonyl (C=S) groups is 1. The molecule has 0 saturated heterocycles. The van der Waals surface area contributed by atoms with E-state index in [-0.39, 0.29) is 0 Å². The van der Waals surface area contributed by atoms with Gasteiger partial charge in [-0.05, 0) is 41.5 Å². The highest BCUT2D eigenvalue weighted by Gasteiger charge is 2.12. The number of rotatable bonds is 4. The third-order valence-corrected chi connectivity index (χ3v) is 4.02. The summed E-state index contributed by atoms with van der Waals surface area (Å²) < 4.78 is 0. The fraction of sp³-hybridized carbons (Fsp3) is 0.200. The minimum atomic E-state index is 0.602. The quantitative estimate of drug-likeness (QED) is 0.855. The Balaban J connectivity index is 2.18. The summed E-state index contributed by atoms with van der Waals surface area (Å²) in [6, 6.07) is 9.41. The van der Waals surface area contributed by atoms with Crippen LogP contribution in [0.4, 0.5) is 0 Å². The van der Waals surface area contributed by atoms with Crippen LogP contribution in [0.3, 0.4) is 0 Å². The van der Waals surface area contributed by atoms with E-state index in [0.29, 0.717) is 28.2 Å². The van der Waals surface area contributed by atoms with E-state index in [1.807, 2.05) is 42.4 Å². The summed E-state index contributed by atoms with van der Waals surface area (Å²) in [6.45, 7) is 1.26. The first-order chi connectivity index (χ1) is 10.1. The average molecular weight is 340 g/mol. The second-order valence-electron chi connectivity index (χ2n) is 4.51. The molecule has 6 heteroatoms. The highest BCUT2D eigenvalue weighted by Crippen LogP contribution is 2.23. The first kappa shape index (κ1) is 16.0. The summed E-state index contributed by atoms with van der Waals surface area (Å²) in [7, 11) is 1.81. The molecule has 1 heterocycles. The van der Waals surface area contributed by atoms with E-state index >= 15 is 0 Å². The van der Waals surface area contributed by atoms with Gasteiger partial charge in [0.05, 0.1) is 0 Å². The number of benzene rings is 1. The van der Waals surface area contributed by atoms with Crippen molar-refractivity contribution in [3.8, 4) is 0 Å². The Morgan fingerprint density at radius 2 is 2.10 bits per heavy atom. The highest BCUT2D eigenvalue weighted by molar-refractivity contribution is 7.80. The van der Waals surface area contributed by atoms with Gasteiger partial charge in [-0.1, -0.05) is 35.3 Å². The van der Waals surface area contributed by atoms with E-state index in [2.05, 4.69) is 10.3 Å². The van der Waals surface area contributed by atoms with E-state index < -0.39 is 0 Å². The van der Waals surface area contributed by atoms with Crippen molar-refractivity contribution in [3.63, 3.8) is 0 Å². The molecule has 0 unspecified atom stereocenters. The van der Waals surface area contributed by atoms with Crippen molar-refractivity contribution in [3.05, 3.63) is 63.9 Å². The lowest BCUT2D eigenvalue weighted by Crippen LogP contribution is -2.36. The molecule has 2 rings (SSSR count). The Kier molecular flexibility index (Phi) is 5.79. The van der Waals surface area contributed by atoms with Gasteiger partial charge in [0, 0.05) is 42.6 Å². The van der Waals surface area contributed by atoms with Gasteiger partial charge in [-0.3, -0.25) is 4.98 Å². The molecule has 0 fully saturated rings. The van der Waals surface area contributed by atoms with Gasteiger partial charge >= 0.3 is 0 Å². The largest absolute Gasteiger partial charge is 0.366 e. The molecule has 0 saturated carbocycles. The second kappa shape index (κ2) is 7.59. The first-order valence-electron chi connectivity index (χ1n) is 6.39. The standard InChI is InChI=1S/C15H15Cl2N3S/c1-18-15(21)20(9-11-3-2-6-19-8-11)10-12-4-5-13(16)7-14(12)17/h2-8H,9-10H2,1H3,(H,18,21). The van der Waals surface area contributed by atoms with Crippen LogP contribution >= 0.6 is 35.4 Å². The van der Waals surface area contributed by atoms with Crippen molar-refractivity contribution < 1.29 is 0 Å². The number of nitrogens with zero attached hydrogens (tertiary/aromatic N) is 2. The molecule has 0 radical (unpaired) electrons. The molecule has 0 aliphatic rings. The van der Waals surface area contributed by atoms with Crippen molar-refractivity contribution in [2.75, 3.05) is 7.05 Å². The predicted molar refractivity (Wildman–Crippen MR) is 91.6 cm³/mol. The molecule has 3 nitrogen and oxygen atoms in total. The van der Waals surface area contributed by atoms with Crippen LogP contribution in [0.5, 0.6) is 0 Å². The zero-order chi connectivity index (χ0) is 15.2. The van der Waals surface area contributed by atoms with Crippen molar-refractivity contribution >= 4 is 40.5 Å². The monoisotopic (exact) mass is 339 g/mol. The minimum absolute atomic E-state index is 0.602. The van der Waals surface area contributed by atoms with Crippen molar-refractivity contribution in [2.24, 2.45) is 0 Å². The molecular weight excluding hydrogens is 325 g/mol. The molecule has 1 N–H and O–H groups in total. The van der Waals surface area contributed by atoms with Crippen molar-refractivity contribution in [1.82, 2.24) is 15.2 Å². The minimum Gasteiger partial charge on any atom is -0.366 e. The highest BCUT2D eigenvalue weighted by atomic mass is 35.5. The van der Waals surface area contributed by atoms with Gasteiger partial charge in [0.15, 0.2) is 5.11 Å². The third-order valence-electron chi connectivity index (χ3n) is 2.97. The molecule has 110 valence electrons. The average Bonchev–Trinajstić information content (AvgIpc) is 2.49. The summed E-state index contributed by atoms with van der Waals surface area (Å²) >= 11 is 17.5. The smallest absolute Gasteiger partial charge is 0.169 e. The van der Waals surface area contributed by atoms with Gasteiger partial charge in [-0.25, -0.2) is 0 Å². The summed E-state index contributed by atoms with van der Waals surface area (Å²) in [5.74, 6) is 0. The molecule has 0 atom stereocenters. The van der Waals surface area contributed by atoms with Crippen LogP contribution in [0.1, 0.15) is 11.1 Å². The Hall–Kier alpha value is -1.36. The topological polar surface area (TPSA) is 28.2 Å². The van der Waals surface area contributed by atoms with Gasteiger partial charge in [0.2, 0.25) is 0 Å². The molecule has 0 bridgehead atoms. The fourth-order valence-electron chi connectivity index (χ4n) is 1.93. The lowest BCUT2D eigenvalue weighted by atomic mass is 10.2. The van der Waals surface area contributed by atoms with Crippen LogP contribution in [0.2, 0.25) is 10.0 Å². The molecular formula is C15H15Cl2N3S. The summed E-state index contributed by atoms with van der Waals surface area (Å²) in [5.41, 5.74) is 2.06. The molecule has 1 aromatic heterocycles. The van der Waals surface area contributed by atoms with Crippen LogP contribution in [0, 0.1) is 0 Å². The van der Waals surface area contributed by atoms with Gasteiger partial charge in [-0.15, -0.1) is 0 Å². The van der Waals surface area contributed by atoms with Crippen LogP contribution in [-0.2, 0) is 13.1 Å². The van der Waals surface area contributed by atoms with Gasteiger partial charge in [0.25, 0.3) is 0 Å². The zero-order valence-electron chi connectivity index (χ0n) is 11.5. The van der Waals surface area contributed by atoms with Crippen molar-refractivity contribution in [1.29, 1.82) is 0 Å². The number of aromatic nitrogens is 1. The second-order valence-corrected chi connectivity index (χ2v) is 5.74. The molecule has 21 heavy (non-hydrogen) atoms. The maximum absolute atomic E-state index is 6.24. The SMILES string of the molecule is CNC(=S)N(Cc1cccnc1)Cc1ccc(Cl)cc1Cl. The molecule has 0 spiro atoms. The molecule has 0 aliphatic carbocycles. The van der Waals surface area contributed by atoms with Gasteiger partial charge in [-0.2, -0.15) is 0 Å². The van der Waals surface area contributed by atoms with E-state index in [1.54, 1.807) is 12.3 Å². The number of nitrogens with one attached hydrogen (secondary N) is 1. The lowest BCUT2D eigenvalue weighted by Gasteiger charge is -2.25. The maximum atomic E-state index is 6.24.